The number of aromatic nitrogens is 2. The summed E-state index contributed by atoms with van der Waals surface area (Å²) in [7, 11) is 1.31. The van der Waals surface area contributed by atoms with Crippen LogP contribution in [0.2, 0.25) is 0 Å². The highest BCUT2D eigenvalue weighted by atomic mass is 31.2. The zero-order chi connectivity index (χ0) is 46.1. The highest BCUT2D eigenvalue weighted by Gasteiger charge is 2.52. The van der Waals surface area contributed by atoms with Gasteiger partial charge in [-0.2, -0.15) is 10.2 Å². The molecule has 342 valence electrons. The molecule has 2 unspecified atom stereocenters. The van der Waals surface area contributed by atoms with Crippen molar-refractivity contribution in [2.24, 2.45) is 0 Å². The second-order valence-electron chi connectivity index (χ2n) is 15.0. The van der Waals surface area contributed by atoms with Gasteiger partial charge in [0.25, 0.3) is 8.53 Å². The van der Waals surface area contributed by atoms with E-state index < -0.39 is 50.3 Å². The van der Waals surface area contributed by atoms with E-state index in [1.807, 2.05) is 113 Å². The van der Waals surface area contributed by atoms with Gasteiger partial charge in [0.1, 0.15) is 61.4 Å². The molecule has 0 aliphatic carbocycles. The molecule has 4 aromatic rings. The van der Waals surface area contributed by atoms with Gasteiger partial charge < -0.3 is 52.4 Å². The predicted octanol–water partition coefficient (Wildman–Crippen LogP) is 7.04. The molecule has 1 aliphatic rings. The number of rotatable bonds is 25. The van der Waals surface area contributed by atoms with Crippen LogP contribution in [0, 0.1) is 17.9 Å². The lowest BCUT2D eigenvalue weighted by Gasteiger charge is -2.39. The van der Waals surface area contributed by atoms with Crippen LogP contribution in [-0.2, 0) is 43.1 Å². The van der Waals surface area contributed by atoms with Crippen LogP contribution in [0.3, 0.4) is 0 Å². The highest BCUT2D eigenvalue weighted by Crippen LogP contribution is 2.51. The van der Waals surface area contributed by atoms with E-state index in [1.54, 1.807) is 14.2 Å². The Bertz CT molecular complexity index is 2140. The molecule has 17 nitrogen and oxygen atoms in total. The van der Waals surface area contributed by atoms with E-state index in [0.29, 0.717) is 11.5 Å². The number of carbonyl (C=O) groups is 1. The summed E-state index contributed by atoms with van der Waals surface area (Å²) in [4.78, 5) is 33.3. The number of hydrogen-bond acceptors (Lipinski definition) is 14. The van der Waals surface area contributed by atoms with Crippen LogP contribution in [0.1, 0.15) is 64.0 Å². The van der Waals surface area contributed by atoms with Crippen LogP contribution >= 0.6 is 8.53 Å². The van der Waals surface area contributed by atoms with Gasteiger partial charge in [-0.25, -0.2) is 16.0 Å². The number of nitriles is 1. The van der Waals surface area contributed by atoms with Crippen LogP contribution < -0.4 is 20.5 Å². The lowest BCUT2D eigenvalue weighted by molar-refractivity contribution is -0.174. The molecule has 5 atom stereocenters. The zero-order valence-electron chi connectivity index (χ0n) is 37.2. The first-order valence-corrected chi connectivity index (χ1v) is 22.0. The summed E-state index contributed by atoms with van der Waals surface area (Å²) in [6.07, 6.45) is -2.56. The number of hydrogen-bond donors (Lipinski definition) is 1. The van der Waals surface area contributed by atoms with Crippen LogP contribution in [0.4, 0.5) is 5.82 Å². The Hall–Kier alpha value is -5.30. The summed E-state index contributed by atoms with van der Waals surface area (Å²) in [6, 6.07) is 28.4. The monoisotopic (exact) mass is 900 g/mol. The van der Waals surface area contributed by atoms with Crippen molar-refractivity contribution in [2.45, 2.75) is 83.3 Å². The number of methoxy groups -OCH3 is 2. The fourth-order valence-electron chi connectivity index (χ4n) is 7.30. The van der Waals surface area contributed by atoms with Crippen molar-refractivity contribution in [1.29, 1.82) is 5.26 Å². The highest BCUT2D eigenvalue weighted by molar-refractivity contribution is 7.44. The normalized spacial score (nSPS) is 17.9. The van der Waals surface area contributed by atoms with E-state index >= 15 is 0 Å². The summed E-state index contributed by atoms with van der Waals surface area (Å²) < 4.78 is 59.7. The van der Waals surface area contributed by atoms with Gasteiger partial charge in [-0.3, -0.25) is 9.36 Å². The van der Waals surface area contributed by atoms with Crippen LogP contribution in [0.25, 0.3) is 4.85 Å². The number of anilines is 1. The molecule has 1 fully saturated rings. The minimum atomic E-state index is -1.90. The molecule has 5 rings (SSSR count). The molecule has 18 heteroatoms. The van der Waals surface area contributed by atoms with E-state index in [4.69, 9.17) is 54.0 Å². The molecule has 2 heterocycles. The molecule has 0 saturated carbocycles. The third-order valence-corrected chi connectivity index (χ3v) is 12.2. The molecule has 0 spiro atoms. The molecule has 1 amide bonds. The summed E-state index contributed by atoms with van der Waals surface area (Å²) >= 11 is 0. The zero-order valence-corrected chi connectivity index (χ0v) is 38.1. The predicted molar refractivity (Wildman–Crippen MR) is 238 cm³/mol. The first-order chi connectivity index (χ1) is 31.0. The fraction of sp³-hybridized carbons (Fsp3) is 0.457. The molecule has 64 heavy (non-hydrogen) atoms. The topological polar surface area (TPSA) is 178 Å². The van der Waals surface area contributed by atoms with Crippen LogP contribution in [0.15, 0.2) is 95.9 Å². The van der Waals surface area contributed by atoms with Crippen molar-refractivity contribution in [2.75, 3.05) is 59.5 Å². The minimum Gasteiger partial charge on any atom is -0.497 e. The molecule has 1 aliphatic heterocycles. The van der Waals surface area contributed by atoms with Crippen molar-refractivity contribution < 1.29 is 47.0 Å². The van der Waals surface area contributed by atoms with Gasteiger partial charge >= 0.3 is 5.69 Å². The first-order valence-electron chi connectivity index (χ1n) is 20.8. The largest absolute Gasteiger partial charge is 0.497 e. The van der Waals surface area contributed by atoms with Gasteiger partial charge in [0, 0.05) is 25.2 Å². The van der Waals surface area contributed by atoms with Crippen molar-refractivity contribution in [3.8, 4) is 17.6 Å². The molecular formula is C46H57N6O11P. The maximum absolute atomic E-state index is 13.8. The average Bonchev–Trinajstić information content (AvgIpc) is 3.62. The Morgan fingerprint density at radius 3 is 2.09 bits per heavy atom. The fourth-order valence-corrected chi connectivity index (χ4v) is 9.06. The number of ether oxygens (including phenoxy) is 7. The lowest BCUT2D eigenvalue weighted by atomic mass is 9.80. The van der Waals surface area contributed by atoms with Crippen molar-refractivity contribution in [3.63, 3.8) is 0 Å². The average molecular weight is 901 g/mol. The number of benzene rings is 3. The van der Waals surface area contributed by atoms with Gasteiger partial charge in [0.15, 0.2) is 6.23 Å². The Balaban J connectivity index is 1.66. The van der Waals surface area contributed by atoms with E-state index in [9.17, 15) is 9.59 Å². The van der Waals surface area contributed by atoms with Crippen molar-refractivity contribution in [3.05, 3.63) is 130 Å². The Labute approximate surface area is 375 Å². The van der Waals surface area contributed by atoms with Gasteiger partial charge in [-0.15, -0.1) is 0 Å². The van der Waals surface area contributed by atoms with E-state index in [1.165, 1.54) is 23.8 Å². The Morgan fingerprint density at radius 1 is 0.922 bits per heavy atom. The SMILES string of the molecule is [C-]#[N+]CCOP(O[C@@H]1C(OCOCOCCC#N)[C@H](n2ccc(NC(C)=O)nc2=O)O[C@@H]1COC(c1ccccc1)(c1ccc(OC)cc1)c1ccc(OC)cc1)N(C(C)C)C(C)C. The Kier molecular flexibility index (Phi) is 19.2. The van der Waals surface area contributed by atoms with E-state index in [-0.39, 0.29) is 64.3 Å². The molecular weight excluding hydrogens is 844 g/mol. The number of amides is 1. The quantitative estimate of drug-likeness (QED) is 0.0235. The molecule has 1 saturated heterocycles. The minimum absolute atomic E-state index is 0.0517. The Morgan fingerprint density at radius 2 is 1.55 bits per heavy atom. The smallest absolute Gasteiger partial charge is 0.351 e. The van der Waals surface area contributed by atoms with E-state index in [0.717, 1.165) is 16.7 Å². The van der Waals surface area contributed by atoms with Gasteiger partial charge in [-0.05, 0) is 74.7 Å². The number of nitrogens with one attached hydrogen (secondary N) is 1. The molecule has 3 aromatic carbocycles. The standard InChI is InChI=1S/C46H57N6O11P/c1-32(2)52(33(3)4)64(61-28-25-48-6)63-42-40(62-44(43(42)59-31-58-30-57-27-12-24-47)51-26-23-41(49-34(5)53)50-45(51)54)29-60-46(35-13-10-9-11-14-35,36-15-19-38(55-7)20-16-36)37-17-21-39(56-8)22-18-37/h9-11,13-23,26,32-33,40,42-44H,12,25,27-31H2,1-5,7-8H3,(H,49,50,53,54)/t40-,42+,43?,44-,64?/m1/s1. The first kappa shape index (κ1) is 49.7. The third-order valence-electron chi connectivity index (χ3n) is 10.1. The van der Waals surface area contributed by atoms with Crippen LogP contribution in [0.5, 0.6) is 11.5 Å². The van der Waals surface area contributed by atoms with Crippen molar-refractivity contribution in [1.82, 2.24) is 14.2 Å². The summed E-state index contributed by atoms with van der Waals surface area (Å²) in [6.45, 7) is 16.6. The third kappa shape index (κ3) is 12.7. The van der Waals surface area contributed by atoms with Gasteiger partial charge in [0.05, 0.1) is 39.9 Å². The second kappa shape index (κ2) is 24.7. The van der Waals surface area contributed by atoms with Gasteiger partial charge in [-0.1, -0.05) is 54.6 Å². The maximum Gasteiger partial charge on any atom is 0.351 e. The van der Waals surface area contributed by atoms with Crippen molar-refractivity contribution >= 4 is 20.3 Å². The molecule has 0 bridgehead atoms. The lowest BCUT2D eigenvalue weighted by Crippen LogP contribution is -2.43. The van der Waals surface area contributed by atoms with Crippen LogP contribution in [-0.4, -0.2) is 105 Å². The van der Waals surface area contributed by atoms with Gasteiger partial charge in [0.2, 0.25) is 12.5 Å². The molecule has 1 aromatic heterocycles. The summed E-state index contributed by atoms with van der Waals surface area (Å²) in [5.41, 5.74) is 0.364. The number of nitrogens with zero attached hydrogens (tertiary/aromatic N) is 5. The molecule has 1 N–H and O–H groups in total. The summed E-state index contributed by atoms with van der Waals surface area (Å²) in [5, 5.41) is 11.5. The second-order valence-corrected chi connectivity index (χ2v) is 16.4. The number of carbonyl (C=O) groups excluding carboxylic acids is 1. The molecule has 0 radical (unpaired) electrons. The maximum atomic E-state index is 13.8. The van der Waals surface area contributed by atoms with E-state index in [2.05, 4.69) is 19.8 Å². The summed E-state index contributed by atoms with van der Waals surface area (Å²) in [5.74, 6) is 0.972.